The number of rotatable bonds is 28. The molecule has 3 atom stereocenters. The van der Waals surface area contributed by atoms with E-state index in [1.54, 1.807) is 4.57 Å². The number of carbonyl (C=O) groups excluding carboxylic acids is 2. The van der Waals surface area contributed by atoms with Crippen molar-refractivity contribution in [3.05, 3.63) is 16.7 Å². The molecule has 11 nitrogen and oxygen atoms in total. The van der Waals surface area contributed by atoms with E-state index in [0.29, 0.717) is 31.5 Å². The van der Waals surface area contributed by atoms with Crippen molar-refractivity contribution in [1.29, 1.82) is 0 Å². The molecule has 0 aliphatic heterocycles. The summed E-state index contributed by atoms with van der Waals surface area (Å²) >= 11 is 0. The lowest BCUT2D eigenvalue weighted by molar-refractivity contribution is -0.154. The highest BCUT2D eigenvalue weighted by molar-refractivity contribution is 5.76. The second kappa shape index (κ2) is 24.2. The molecule has 2 aromatic heterocycles. The summed E-state index contributed by atoms with van der Waals surface area (Å²) in [4.78, 5) is 48.0. The lowest BCUT2D eigenvalue weighted by Crippen LogP contribution is -2.40. The smallest absolute Gasteiger partial charge is 0.323 e. The number of H-pyrrole nitrogens is 1. The first-order valence-electron chi connectivity index (χ1n) is 18.6. The number of aryl methyl sites for hydroxylation is 1. The fourth-order valence-electron chi connectivity index (χ4n) is 5.78. The Morgan fingerprint density at radius 1 is 0.872 bits per heavy atom. The van der Waals surface area contributed by atoms with Crippen LogP contribution >= 0.6 is 0 Å². The molecule has 0 saturated carbocycles. The summed E-state index contributed by atoms with van der Waals surface area (Å²) < 4.78 is 13.0. The molecule has 0 fully saturated rings. The average molecular weight is 661 g/mol. The van der Waals surface area contributed by atoms with Gasteiger partial charge in [-0.05, 0) is 12.3 Å². The number of nitrogens with zero attached hydrogens (tertiary/aromatic N) is 3. The van der Waals surface area contributed by atoms with Crippen molar-refractivity contribution >= 4 is 29.1 Å². The highest BCUT2D eigenvalue weighted by Gasteiger charge is 2.25. The summed E-state index contributed by atoms with van der Waals surface area (Å²) in [5, 5.41) is 0. The van der Waals surface area contributed by atoms with Gasteiger partial charge in [-0.2, -0.15) is 4.98 Å². The van der Waals surface area contributed by atoms with E-state index in [9.17, 15) is 14.4 Å². The van der Waals surface area contributed by atoms with Crippen LogP contribution in [-0.2, 0) is 25.6 Å². The van der Waals surface area contributed by atoms with Crippen LogP contribution in [0.25, 0.3) is 11.2 Å². The Morgan fingerprint density at radius 2 is 1.43 bits per heavy atom. The summed E-state index contributed by atoms with van der Waals surface area (Å²) in [5.74, 6) is -0.736. The number of fused-ring (bicyclic) bond motifs is 1. The molecule has 0 saturated heterocycles. The summed E-state index contributed by atoms with van der Waals surface area (Å²) in [6.45, 7) is 6.67. The minimum Gasteiger partial charge on any atom is -0.466 e. The largest absolute Gasteiger partial charge is 0.466 e. The molecule has 2 heterocycles. The molecule has 0 aromatic carbocycles. The number of carbonyl (C=O) groups is 2. The number of unbranched alkanes of at least 4 members (excludes halogenated alkanes) is 16. The maximum Gasteiger partial charge on any atom is 0.323 e. The third-order valence-electron chi connectivity index (χ3n) is 9.18. The number of nitrogen functional groups attached to an aromatic ring is 1. The van der Waals surface area contributed by atoms with Gasteiger partial charge in [0.1, 0.15) is 12.1 Å². The summed E-state index contributed by atoms with van der Waals surface area (Å²) in [5.41, 5.74) is 11.9. The molecular formula is C36H64N6O5. The van der Waals surface area contributed by atoms with Gasteiger partial charge >= 0.3 is 11.9 Å². The Morgan fingerprint density at radius 3 is 1.98 bits per heavy atom. The third kappa shape index (κ3) is 16.6. The van der Waals surface area contributed by atoms with Crippen molar-refractivity contribution in [2.45, 2.75) is 174 Å². The van der Waals surface area contributed by atoms with E-state index in [0.717, 1.165) is 25.7 Å². The zero-order chi connectivity index (χ0) is 34.3. The molecule has 0 aliphatic rings. The van der Waals surface area contributed by atoms with Gasteiger partial charge in [0, 0.05) is 25.8 Å². The Balaban J connectivity index is 1.61. The summed E-state index contributed by atoms with van der Waals surface area (Å²) in [6, 6.07) is -0.737. The second-order valence-electron chi connectivity index (χ2n) is 13.2. The molecule has 268 valence electrons. The van der Waals surface area contributed by atoms with Crippen molar-refractivity contribution in [3.63, 3.8) is 0 Å². The highest BCUT2D eigenvalue weighted by atomic mass is 16.6. The molecule has 5 N–H and O–H groups in total. The molecule has 0 spiro atoms. The Hall–Kier alpha value is -2.95. The number of hydrogen-bond acceptors (Lipinski definition) is 9. The molecule has 0 aliphatic carbocycles. The average Bonchev–Trinajstić information content (AvgIpc) is 3.47. The fraction of sp³-hybridized carbons (Fsp3) is 0.806. The Labute approximate surface area is 282 Å². The van der Waals surface area contributed by atoms with Gasteiger partial charge in [-0.3, -0.25) is 19.4 Å². The van der Waals surface area contributed by atoms with Gasteiger partial charge in [-0.25, -0.2) is 4.98 Å². The van der Waals surface area contributed by atoms with Crippen LogP contribution in [0.1, 0.15) is 156 Å². The normalized spacial score (nSPS) is 13.4. The lowest BCUT2D eigenvalue weighted by Gasteiger charge is -2.23. The summed E-state index contributed by atoms with van der Waals surface area (Å²) in [7, 11) is 0. The minimum atomic E-state index is -0.737. The van der Waals surface area contributed by atoms with Gasteiger partial charge < -0.3 is 25.5 Å². The summed E-state index contributed by atoms with van der Waals surface area (Å²) in [6.07, 6.45) is 24.9. The van der Waals surface area contributed by atoms with Crippen LogP contribution in [0.15, 0.2) is 11.1 Å². The molecule has 0 bridgehead atoms. The number of aromatic amines is 1. The first kappa shape index (κ1) is 40.2. The van der Waals surface area contributed by atoms with Crippen molar-refractivity contribution < 1.29 is 19.1 Å². The van der Waals surface area contributed by atoms with Gasteiger partial charge in [0.2, 0.25) is 5.95 Å². The fourth-order valence-corrected chi connectivity index (χ4v) is 5.78. The van der Waals surface area contributed by atoms with Gasteiger partial charge in [0.15, 0.2) is 11.2 Å². The number of esters is 2. The standard InChI is InChI=1S/C36H64N6O5/c1-4-6-7-8-9-10-11-12-13-14-15-16-17-18-19-20-21-22-30(43)46-26-24-29(47-35(45)31(37)28(3)5-2)23-25-42-27-39-32-33(42)40-36(38)41-34(32)44/h27-29,31H,4-26,37H2,1-3H3,(H3,38,40,41,44)/t28?,29?,31-/m0/s1. The van der Waals surface area contributed by atoms with E-state index in [-0.39, 0.29) is 30.0 Å². The molecule has 47 heavy (non-hydrogen) atoms. The van der Waals surface area contributed by atoms with E-state index >= 15 is 0 Å². The first-order valence-corrected chi connectivity index (χ1v) is 18.6. The monoisotopic (exact) mass is 660 g/mol. The number of imidazole rings is 1. The van der Waals surface area contributed by atoms with Crippen molar-refractivity contribution in [2.75, 3.05) is 12.3 Å². The van der Waals surface area contributed by atoms with Crippen molar-refractivity contribution in [1.82, 2.24) is 19.5 Å². The number of nitrogens with one attached hydrogen (secondary N) is 1. The van der Waals surface area contributed by atoms with Crippen LogP contribution in [0.4, 0.5) is 5.95 Å². The molecule has 2 unspecified atom stereocenters. The van der Waals surface area contributed by atoms with E-state index in [1.165, 1.54) is 96.2 Å². The zero-order valence-electron chi connectivity index (χ0n) is 29.6. The van der Waals surface area contributed by atoms with E-state index in [4.69, 9.17) is 20.9 Å². The third-order valence-corrected chi connectivity index (χ3v) is 9.18. The number of ether oxygens (including phenoxy) is 2. The topological polar surface area (TPSA) is 168 Å². The molecule has 11 heteroatoms. The van der Waals surface area contributed by atoms with Gasteiger partial charge in [-0.15, -0.1) is 0 Å². The van der Waals surface area contributed by atoms with Crippen LogP contribution in [0.2, 0.25) is 0 Å². The number of nitrogens with two attached hydrogens (primary N) is 2. The predicted octanol–water partition coefficient (Wildman–Crippen LogP) is 7.35. The minimum absolute atomic E-state index is 0.00162. The second-order valence-corrected chi connectivity index (χ2v) is 13.2. The van der Waals surface area contributed by atoms with Crippen molar-refractivity contribution in [3.8, 4) is 0 Å². The van der Waals surface area contributed by atoms with Gasteiger partial charge in [0.25, 0.3) is 5.56 Å². The quantitative estimate of drug-likeness (QED) is 0.0624. The van der Waals surface area contributed by atoms with Crippen LogP contribution in [0, 0.1) is 5.92 Å². The maximum atomic E-state index is 12.7. The van der Waals surface area contributed by atoms with Crippen LogP contribution in [-0.4, -0.2) is 50.2 Å². The van der Waals surface area contributed by atoms with E-state index in [2.05, 4.69) is 21.9 Å². The zero-order valence-corrected chi connectivity index (χ0v) is 29.6. The number of aromatic nitrogens is 4. The number of hydrogen-bond donors (Lipinski definition) is 3. The maximum absolute atomic E-state index is 12.7. The van der Waals surface area contributed by atoms with Crippen molar-refractivity contribution in [2.24, 2.45) is 11.7 Å². The Bertz CT molecular complexity index is 1200. The van der Waals surface area contributed by atoms with Gasteiger partial charge in [0.05, 0.1) is 12.9 Å². The first-order chi connectivity index (χ1) is 22.8. The van der Waals surface area contributed by atoms with E-state index < -0.39 is 23.7 Å². The lowest BCUT2D eigenvalue weighted by atomic mass is 10.0. The van der Waals surface area contributed by atoms with Crippen LogP contribution in [0.3, 0.4) is 0 Å². The SMILES string of the molecule is CCCCCCCCCCCCCCCCCCCC(=O)OCCC(CCn1cnc2c(=O)[nH]c(N)nc21)OC(=O)[C@@H](N)C(C)CC. The number of anilines is 1. The molecule has 2 rings (SSSR count). The van der Waals surface area contributed by atoms with Crippen LogP contribution < -0.4 is 17.0 Å². The molecule has 0 radical (unpaired) electrons. The Kier molecular flexibility index (Phi) is 20.7. The van der Waals surface area contributed by atoms with E-state index in [1.807, 2.05) is 13.8 Å². The molecule has 2 aromatic rings. The van der Waals surface area contributed by atoms with Crippen LogP contribution in [0.5, 0.6) is 0 Å². The van der Waals surface area contributed by atoms with Gasteiger partial charge in [-0.1, -0.05) is 130 Å². The molecule has 0 amide bonds. The predicted molar refractivity (Wildman–Crippen MR) is 189 cm³/mol. The molecular weight excluding hydrogens is 596 g/mol. The highest BCUT2D eigenvalue weighted by Crippen LogP contribution is 2.16.